The molecule has 3 aromatic heterocycles. The Morgan fingerprint density at radius 2 is 1.93 bits per heavy atom. The summed E-state index contributed by atoms with van der Waals surface area (Å²) >= 11 is 0. The van der Waals surface area contributed by atoms with Crippen LogP contribution in [0.2, 0.25) is 0 Å². The first kappa shape index (κ1) is 19.1. The first-order chi connectivity index (χ1) is 13.7. The van der Waals surface area contributed by atoms with Gasteiger partial charge in [-0.05, 0) is 83.4 Å². The lowest BCUT2D eigenvalue weighted by atomic mass is 9.90. The van der Waals surface area contributed by atoms with E-state index in [1.807, 2.05) is 19.3 Å². The predicted molar refractivity (Wildman–Crippen MR) is 114 cm³/mol. The van der Waals surface area contributed by atoms with Gasteiger partial charge in [-0.15, -0.1) is 0 Å². The number of nitrogens with zero attached hydrogens (tertiary/aromatic N) is 4. The van der Waals surface area contributed by atoms with E-state index in [4.69, 9.17) is 9.97 Å². The van der Waals surface area contributed by atoms with Crippen LogP contribution in [0.25, 0.3) is 5.65 Å². The Labute approximate surface area is 167 Å². The Morgan fingerprint density at radius 3 is 2.71 bits per heavy atom. The zero-order valence-electron chi connectivity index (χ0n) is 17.2. The predicted octanol–water partition coefficient (Wildman–Crippen LogP) is 4.09. The number of likely N-dealkylation sites (tertiary alicyclic amines) is 1. The van der Waals surface area contributed by atoms with Gasteiger partial charge in [0, 0.05) is 18.1 Å². The number of hydrogen-bond donors (Lipinski definition) is 1. The van der Waals surface area contributed by atoms with Gasteiger partial charge in [-0.1, -0.05) is 12.1 Å². The van der Waals surface area contributed by atoms with E-state index in [0.29, 0.717) is 12.1 Å². The normalized spacial score (nSPS) is 20.7. The number of imidazole rings is 1. The van der Waals surface area contributed by atoms with Crippen molar-refractivity contribution in [2.75, 3.05) is 20.6 Å². The topological polar surface area (TPSA) is 45.5 Å². The molecule has 0 bridgehead atoms. The molecule has 28 heavy (non-hydrogen) atoms. The number of rotatable bonds is 6. The van der Waals surface area contributed by atoms with Gasteiger partial charge >= 0.3 is 0 Å². The number of piperidine rings is 1. The lowest BCUT2D eigenvalue weighted by molar-refractivity contribution is 0.108. The monoisotopic (exact) mass is 377 g/mol. The summed E-state index contributed by atoms with van der Waals surface area (Å²) in [6.07, 6.45) is 9.76. The maximum Gasteiger partial charge on any atom is 0.137 e. The number of aryl methyl sites for hydroxylation is 2. The molecule has 0 aliphatic carbocycles. The number of nitrogens with one attached hydrogen (secondary N) is 1. The second-order valence-corrected chi connectivity index (χ2v) is 7.91. The molecule has 1 aliphatic heterocycles. The molecule has 4 rings (SSSR count). The van der Waals surface area contributed by atoms with Crippen LogP contribution in [0.5, 0.6) is 0 Å². The van der Waals surface area contributed by atoms with Crippen LogP contribution in [0.3, 0.4) is 0 Å². The van der Waals surface area contributed by atoms with E-state index in [1.165, 1.54) is 29.1 Å². The molecule has 0 saturated carbocycles. The molecular weight excluding hydrogens is 346 g/mol. The zero-order valence-corrected chi connectivity index (χ0v) is 17.2. The molecule has 1 aliphatic rings. The number of aromatic nitrogens is 3. The summed E-state index contributed by atoms with van der Waals surface area (Å²) in [6, 6.07) is 11.2. The van der Waals surface area contributed by atoms with Gasteiger partial charge < -0.3 is 9.72 Å². The largest absolute Gasteiger partial charge is 0.320 e. The van der Waals surface area contributed by atoms with Crippen LogP contribution in [0.15, 0.2) is 42.7 Å². The molecule has 5 heteroatoms. The molecule has 4 heterocycles. The van der Waals surface area contributed by atoms with Crippen LogP contribution >= 0.6 is 0 Å². The van der Waals surface area contributed by atoms with Gasteiger partial charge in [-0.3, -0.25) is 9.88 Å². The second kappa shape index (κ2) is 8.41. The maximum atomic E-state index is 5.10. The van der Waals surface area contributed by atoms with E-state index in [-0.39, 0.29) is 0 Å². The molecule has 0 spiro atoms. The average molecular weight is 378 g/mol. The Morgan fingerprint density at radius 1 is 1.11 bits per heavy atom. The third kappa shape index (κ3) is 3.56. The Balaban J connectivity index is 1.70. The first-order valence-corrected chi connectivity index (χ1v) is 10.4. The van der Waals surface area contributed by atoms with Crippen molar-refractivity contribution >= 4 is 5.65 Å². The number of pyridine rings is 2. The van der Waals surface area contributed by atoms with Crippen molar-refractivity contribution in [1.82, 2.24) is 24.6 Å². The van der Waals surface area contributed by atoms with Crippen LogP contribution in [-0.4, -0.2) is 39.9 Å². The maximum absolute atomic E-state index is 5.10. The molecule has 1 N–H and O–H groups in total. The SMILES string of the molecule is CNCCCc1c([C@@H]2CCC[C@H](c3ncccc3C)N2C)nc2ccccn12. The van der Waals surface area contributed by atoms with Gasteiger partial charge in [-0.25, -0.2) is 4.98 Å². The van der Waals surface area contributed by atoms with Crippen molar-refractivity contribution in [2.45, 2.75) is 51.1 Å². The molecule has 1 fully saturated rings. The molecule has 3 aromatic rings. The van der Waals surface area contributed by atoms with Gasteiger partial charge in [-0.2, -0.15) is 0 Å². The molecule has 5 nitrogen and oxygen atoms in total. The van der Waals surface area contributed by atoms with Gasteiger partial charge in [0.2, 0.25) is 0 Å². The second-order valence-electron chi connectivity index (χ2n) is 7.91. The smallest absolute Gasteiger partial charge is 0.137 e. The van der Waals surface area contributed by atoms with Gasteiger partial charge in [0.05, 0.1) is 23.5 Å². The quantitative estimate of drug-likeness (QED) is 0.657. The summed E-state index contributed by atoms with van der Waals surface area (Å²) in [5.41, 5.74) is 6.17. The van der Waals surface area contributed by atoms with Gasteiger partial charge in [0.1, 0.15) is 5.65 Å². The van der Waals surface area contributed by atoms with E-state index in [1.54, 1.807) is 0 Å². The van der Waals surface area contributed by atoms with Crippen LogP contribution in [-0.2, 0) is 6.42 Å². The van der Waals surface area contributed by atoms with E-state index < -0.39 is 0 Å². The number of hydrogen-bond acceptors (Lipinski definition) is 4. The van der Waals surface area contributed by atoms with Gasteiger partial charge in [0.15, 0.2) is 0 Å². The molecule has 2 atom stereocenters. The summed E-state index contributed by atoms with van der Waals surface area (Å²) in [5.74, 6) is 0. The van der Waals surface area contributed by atoms with Crippen molar-refractivity contribution < 1.29 is 0 Å². The molecule has 0 unspecified atom stereocenters. The molecular formula is C23H31N5. The fraction of sp³-hybridized carbons (Fsp3) is 0.478. The van der Waals surface area contributed by atoms with Crippen molar-refractivity contribution in [1.29, 1.82) is 0 Å². The van der Waals surface area contributed by atoms with Crippen LogP contribution in [0.4, 0.5) is 0 Å². The summed E-state index contributed by atoms with van der Waals surface area (Å²) < 4.78 is 2.29. The standard InChI is InChI=1S/C23H31N5/c1-17-9-7-15-25-22(17)18-10-6-11-19(27(18)3)23-20(12-8-14-24-2)28-16-5-4-13-21(28)26-23/h4-5,7,9,13,15-16,18-19,24H,6,8,10-12,14H2,1-3H3/t18-,19+/m1/s1. The summed E-state index contributed by atoms with van der Waals surface area (Å²) in [4.78, 5) is 12.3. The lowest BCUT2D eigenvalue weighted by Crippen LogP contribution is -2.34. The minimum absolute atomic E-state index is 0.338. The minimum Gasteiger partial charge on any atom is -0.320 e. The fourth-order valence-electron chi connectivity index (χ4n) is 4.65. The molecule has 0 aromatic carbocycles. The highest BCUT2D eigenvalue weighted by Crippen LogP contribution is 2.41. The number of fused-ring (bicyclic) bond motifs is 1. The third-order valence-corrected chi connectivity index (χ3v) is 6.12. The highest BCUT2D eigenvalue weighted by Gasteiger charge is 2.34. The molecule has 1 saturated heterocycles. The Hall–Kier alpha value is -2.24. The van der Waals surface area contributed by atoms with Crippen molar-refractivity contribution in [3.05, 3.63) is 65.4 Å². The van der Waals surface area contributed by atoms with E-state index in [9.17, 15) is 0 Å². The zero-order chi connectivity index (χ0) is 19.5. The molecule has 148 valence electrons. The lowest BCUT2D eigenvalue weighted by Gasteiger charge is -2.39. The highest BCUT2D eigenvalue weighted by atomic mass is 15.2. The van der Waals surface area contributed by atoms with Crippen molar-refractivity contribution in [2.24, 2.45) is 0 Å². The molecule has 0 radical (unpaired) electrons. The summed E-state index contributed by atoms with van der Waals surface area (Å²) in [7, 11) is 4.27. The van der Waals surface area contributed by atoms with Crippen LogP contribution in [0.1, 0.15) is 60.4 Å². The van der Waals surface area contributed by atoms with Crippen molar-refractivity contribution in [3.8, 4) is 0 Å². The minimum atomic E-state index is 0.338. The molecule has 0 amide bonds. The van der Waals surface area contributed by atoms with Gasteiger partial charge in [0.25, 0.3) is 0 Å². The van der Waals surface area contributed by atoms with E-state index in [0.717, 1.165) is 37.9 Å². The highest BCUT2D eigenvalue weighted by molar-refractivity contribution is 5.44. The summed E-state index contributed by atoms with van der Waals surface area (Å²) in [5, 5.41) is 3.27. The average Bonchev–Trinajstić information content (AvgIpc) is 3.08. The van der Waals surface area contributed by atoms with E-state index in [2.05, 4.69) is 59.1 Å². The van der Waals surface area contributed by atoms with Crippen molar-refractivity contribution in [3.63, 3.8) is 0 Å². The van der Waals surface area contributed by atoms with E-state index >= 15 is 0 Å². The Kier molecular flexibility index (Phi) is 5.74. The third-order valence-electron chi connectivity index (χ3n) is 6.12. The Bertz CT molecular complexity index is 932. The van der Waals surface area contributed by atoms with Crippen LogP contribution < -0.4 is 5.32 Å². The summed E-state index contributed by atoms with van der Waals surface area (Å²) in [6.45, 7) is 3.20. The first-order valence-electron chi connectivity index (χ1n) is 10.4. The van der Waals surface area contributed by atoms with Crippen LogP contribution in [0, 0.1) is 6.92 Å². The fourth-order valence-corrected chi connectivity index (χ4v) is 4.65.